The van der Waals surface area contributed by atoms with Gasteiger partial charge >= 0.3 is 0 Å². The normalized spacial score (nSPS) is 33.5. The lowest BCUT2D eigenvalue weighted by atomic mass is 9.94. The van der Waals surface area contributed by atoms with Crippen molar-refractivity contribution in [2.24, 2.45) is 16.8 Å². The van der Waals surface area contributed by atoms with Crippen LogP contribution in [0.1, 0.15) is 64.2 Å². The Balaban J connectivity index is 1.99. The van der Waals surface area contributed by atoms with Gasteiger partial charge in [-0.15, -0.1) is 0 Å². The maximum Gasteiger partial charge on any atom is 0.0276 e. The summed E-state index contributed by atoms with van der Waals surface area (Å²) in [5.74, 6) is 1.72. The van der Waals surface area contributed by atoms with Crippen LogP contribution in [-0.4, -0.2) is 12.8 Å². The Bertz CT molecular complexity index is 199. The Hall–Kier alpha value is -0.330. The first kappa shape index (κ1) is 11.2. The third-order valence-corrected chi connectivity index (χ3v) is 4.31. The van der Waals surface area contributed by atoms with E-state index in [0.717, 1.165) is 11.8 Å². The summed E-state index contributed by atoms with van der Waals surface area (Å²) < 4.78 is 0. The van der Waals surface area contributed by atoms with Crippen LogP contribution < -0.4 is 0 Å². The van der Waals surface area contributed by atoms with E-state index in [2.05, 4.69) is 4.99 Å². The summed E-state index contributed by atoms with van der Waals surface area (Å²) in [4.78, 5) is 4.59. The minimum Gasteiger partial charge on any atom is -0.297 e. The highest BCUT2D eigenvalue weighted by Crippen LogP contribution is 2.35. The summed E-state index contributed by atoms with van der Waals surface area (Å²) in [6, 6.07) is 0. The molecule has 1 nitrogen and oxygen atoms in total. The third kappa shape index (κ3) is 2.83. The molecule has 0 amide bonds. The Morgan fingerprint density at radius 1 is 0.733 bits per heavy atom. The Labute approximate surface area is 94.4 Å². The van der Waals surface area contributed by atoms with Crippen LogP contribution in [0.5, 0.6) is 0 Å². The van der Waals surface area contributed by atoms with Crippen molar-refractivity contribution in [1.82, 2.24) is 0 Å². The molecule has 0 aliphatic heterocycles. The van der Waals surface area contributed by atoms with Crippen LogP contribution in [0.4, 0.5) is 0 Å². The van der Waals surface area contributed by atoms with Gasteiger partial charge in [0, 0.05) is 12.8 Å². The van der Waals surface area contributed by atoms with E-state index in [9.17, 15) is 0 Å². The highest BCUT2D eigenvalue weighted by atomic mass is 14.7. The summed E-state index contributed by atoms with van der Waals surface area (Å²) in [5, 5.41) is 0. The topological polar surface area (TPSA) is 12.4 Å². The van der Waals surface area contributed by atoms with Gasteiger partial charge in [-0.2, -0.15) is 0 Å². The van der Waals surface area contributed by atoms with Gasteiger partial charge in [-0.3, -0.25) is 4.99 Å². The van der Waals surface area contributed by atoms with E-state index in [1.54, 1.807) is 5.71 Å². The molecule has 2 bridgehead atoms. The van der Waals surface area contributed by atoms with Crippen LogP contribution in [0.2, 0.25) is 0 Å². The second-order valence-electron chi connectivity index (χ2n) is 5.32. The average Bonchev–Trinajstić information content (AvgIpc) is 2.60. The molecular formula is C14H25N. The SMILES string of the molecule is CN=C1C2CCCCCCCCC1CC2. The molecule has 2 fully saturated rings. The van der Waals surface area contributed by atoms with E-state index in [0.29, 0.717) is 0 Å². The smallest absolute Gasteiger partial charge is 0.0276 e. The first-order chi connectivity index (χ1) is 7.42. The van der Waals surface area contributed by atoms with Crippen molar-refractivity contribution in [3.05, 3.63) is 0 Å². The Morgan fingerprint density at radius 3 is 1.67 bits per heavy atom. The summed E-state index contributed by atoms with van der Waals surface area (Å²) in [5.41, 5.74) is 1.58. The van der Waals surface area contributed by atoms with Crippen molar-refractivity contribution < 1.29 is 0 Å². The molecule has 0 aromatic rings. The van der Waals surface area contributed by atoms with Crippen LogP contribution in [0.25, 0.3) is 0 Å². The molecule has 0 saturated heterocycles. The van der Waals surface area contributed by atoms with Crippen molar-refractivity contribution in [1.29, 1.82) is 0 Å². The highest BCUT2D eigenvalue weighted by molar-refractivity contribution is 5.90. The van der Waals surface area contributed by atoms with Crippen LogP contribution in [0, 0.1) is 11.8 Å². The van der Waals surface area contributed by atoms with E-state index >= 15 is 0 Å². The van der Waals surface area contributed by atoms with Gasteiger partial charge in [-0.25, -0.2) is 0 Å². The molecule has 0 aromatic carbocycles. The minimum atomic E-state index is 0.859. The predicted octanol–water partition coefficient (Wildman–Crippen LogP) is 4.22. The lowest BCUT2D eigenvalue weighted by Gasteiger charge is -2.14. The van der Waals surface area contributed by atoms with Crippen molar-refractivity contribution in [3.8, 4) is 0 Å². The largest absolute Gasteiger partial charge is 0.297 e. The molecule has 1 heteroatoms. The van der Waals surface area contributed by atoms with Gasteiger partial charge in [0.1, 0.15) is 0 Å². The second kappa shape index (κ2) is 5.67. The molecule has 0 N–H and O–H groups in total. The molecule has 0 heterocycles. The molecule has 2 atom stereocenters. The number of fused-ring (bicyclic) bond motifs is 2. The zero-order chi connectivity index (χ0) is 10.5. The molecule has 0 radical (unpaired) electrons. The second-order valence-corrected chi connectivity index (χ2v) is 5.32. The number of hydrogen-bond acceptors (Lipinski definition) is 1. The maximum absolute atomic E-state index is 4.59. The molecule has 2 unspecified atom stereocenters. The zero-order valence-corrected chi connectivity index (χ0v) is 10.2. The molecular weight excluding hydrogens is 182 g/mol. The van der Waals surface area contributed by atoms with Crippen LogP contribution in [0.3, 0.4) is 0 Å². The van der Waals surface area contributed by atoms with E-state index in [4.69, 9.17) is 0 Å². The van der Waals surface area contributed by atoms with Crippen molar-refractivity contribution in [3.63, 3.8) is 0 Å². The lowest BCUT2D eigenvalue weighted by Crippen LogP contribution is -2.14. The van der Waals surface area contributed by atoms with E-state index in [-0.39, 0.29) is 0 Å². The molecule has 2 aliphatic carbocycles. The van der Waals surface area contributed by atoms with Crippen LogP contribution >= 0.6 is 0 Å². The molecule has 15 heavy (non-hydrogen) atoms. The average molecular weight is 207 g/mol. The predicted molar refractivity (Wildman–Crippen MR) is 66.5 cm³/mol. The lowest BCUT2D eigenvalue weighted by molar-refractivity contribution is 0.492. The standard InChI is InChI=1S/C14H25N/c1-15-14-12-8-6-4-2-3-5-7-9-13(14)11-10-12/h12-13H,2-11H2,1H3. The molecule has 0 aromatic heterocycles. The fourth-order valence-corrected chi connectivity index (χ4v) is 3.47. The van der Waals surface area contributed by atoms with Gasteiger partial charge in [0.2, 0.25) is 0 Å². The fourth-order valence-electron chi connectivity index (χ4n) is 3.47. The zero-order valence-electron chi connectivity index (χ0n) is 10.2. The van der Waals surface area contributed by atoms with E-state index < -0.39 is 0 Å². The van der Waals surface area contributed by atoms with Gasteiger partial charge < -0.3 is 0 Å². The first-order valence-corrected chi connectivity index (χ1v) is 6.88. The van der Waals surface area contributed by atoms with Gasteiger partial charge in [-0.1, -0.05) is 38.5 Å². The number of rotatable bonds is 0. The Kier molecular flexibility index (Phi) is 4.22. The van der Waals surface area contributed by atoms with Crippen molar-refractivity contribution >= 4 is 5.71 Å². The summed E-state index contributed by atoms with van der Waals surface area (Å²) in [6.45, 7) is 0. The third-order valence-electron chi connectivity index (χ3n) is 4.31. The molecule has 2 aliphatic rings. The molecule has 86 valence electrons. The van der Waals surface area contributed by atoms with Crippen molar-refractivity contribution in [2.75, 3.05) is 7.05 Å². The molecule has 2 rings (SSSR count). The monoisotopic (exact) mass is 207 g/mol. The fraction of sp³-hybridized carbons (Fsp3) is 0.929. The number of hydrogen-bond donors (Lipinski definition) is 0. The quantitative estimate of drug-likeness (QED) is 0.564. The Morgan fingerprint density at radius 2 is 1.20 bits per heavy atom. The van der Waals surface area contributed by atoms with Gasteiger partial charge in [-0.05, 0) is 37.5 Å². The summed E-state index contributed by atoms with van der Waals surface area (Å²) >= 11 is 0. The van der Waals surface area contributed by atoms with E-state index in [1.807, 2.05) is 7.05 Å². The number of aliphatic imine (C=N–C) groups is 1. The molecule has 2 saturated carbocycles. The van der Waals surface area contributed by atoms with Gasteiger partial charge in [0.25, 0.3) is 0 Å². The minimum absolute atomic E-state index is 0.859. The van der Waals surface area contributed by atoms with Crippen molar-refractivity contribution in [2.45, 2.75) is 64.2 Å². The number of nitrogens with zero attached hydrogens (tertiary/aromatic N) is 1. The molecule has 0 spiro atoms. The van der Waals surface area contributed by atoms with E-state index in [1.165, 1.54) is 64.2 Å². The first-order valence-electron chi connectivity index (χ1n) is 6.88. The summed E-state index contributed by atoms with van der Waals surface area (Å²) in [7, 11) is 2.01. The van der Waals surface area contributed by atoms with Crippen LogP contribution in [0.15, 0.2) is 4.99 Å². The van der Waals surface area contributed by atoms with Gasteiger partial charge in [0.05, 0.1) is 0 Å². The maximum atomic E-state index is 4.59. The highest BCUT2D eigenvalue weighted by Gasteiger charge is 2.30. The van der Waals surface area contributed by atoms with Crippen LogP contribution in [-0.2, 0) is 0 Å². The summed E-state index contributed by atoms with van der Waals surface area (Å²) in [6.07, 6.45) is 14.4. The van der Waals surface area contributed by atoms with Gasteiger partial charge in [0.15, 0.2) is 0 Å².